The Labute approximate surface area is 198 Å². The highest BCUT2D eigenvalue weighted by atomic mass is 79.9. The van der Waals surface area contributed by atoms with Crippen molar-refractivity contribution in [3.63, 3.8) is 0 Å². The van der Waals surface area contributed by atoms with Gasteiger partial charge in [0.1, 0.15) is 6.07 Å². The molecule has 1 aliphatic rings. The lowest BCUT2D eigenvalue weighted by molar-refractivity contribution is -0.113. The van der Waals surface area contributed by atoms with Crippen LogP contribution in [0.5, 0.6) is 11.5 Å². The number of amides is 3. The molecule has 1 atom stereocenters. The molecule has 0 saturated heterocycles. The molecular formula is C22H20BrClN4O4. The van der Waals surface area contributed by atoms with Crippen molar-refractivity contribution in [1.82, 2.24) is 10.6 Å². The summed E-state index contributed by atoms with van der Waals surface area (Å²) in [5.41, 5.74) is 1.85. The van der Waals surface area contributed by atoms with Crippen LogP contribution in [0.4, 0.5) is 10.5 Å². The second-order valence-corrected chi connectivity index (χ2v) is 8.06. The minimum Gasteiger partial charge on any atom is -0.490 e. The van der Waals surface area contributed by atoms with Crippen LogP contribution in [0, 0.1) is 11.3 Å². The maximum Gasteiger partial charge on any atom is 0.319 e. The maximum absolute atomic E-state index is 13.2. The molecule has 0 spiro atoms. The Morgan fingerprint density at radius 1 is 1.28 bits per heavy atom. The molecule has 8 nitrogen and oxygen atoms in total. The van der Waals surface area contributed by atoms with Crippen molar-refractivity contribution in [2.45, 2.75) is 19.9 Å². The molecule has 10 heteroatoms. The predicted molar refractivity (Wildman–Crippen MR) is 124 cm³/mol. The SMILES string of the molecule is CCOc1cc([C@@H]2NC(=O)NC(C)=C2C(=O)Nc2ccc(Br)cc2)cc(Cl)c1OCC#N. The van der Waals surface area contributed by atoms with Gasteiger partial charge in [-0.3, -0.25) is 4.79 Å². The second kappa shape index (κ2) is 10.4. The number of rotatable bonds is 7. The van der Waals surface area contributed by atoms with Gasteiger partial charge in [-0.1, -0.05) is 27.5 Å². The van der Waals surface area contributed by atoms with Crippen LogP contribution < -0.4 is 25.4 Å². The van der Waals surface area contributed by atoms with Crippen LogP contribution in [-0.4, -0.2) is 25.2 Å². The van der Waals surface area contributed by atoms with Crippen molar-refractivity contribution in [3.05, 3.63) is 62.7 Å². The van der Waals surface area contributed by atoms with Gasteiger partial charge >= 0.3 is 6.03 Å². The van der Waals surface area contributed by atoms with E-state index in [0.29, 0.717) is 34.9 Å². The molecule has 2 aromatic carbocycles. The van der Waals surface area contributed by atoms with E-state index < -0.39 is 12.1 Å². The Balaban J connectivity index is 2.00. The fourth-order valence-corrected chi connectivity index (χ4v) is 3.78. The van der Waals surface area contributed by atoms with Crippen LogP contribution in [0.3, 0.4) is 0 Å². The van der Waals surface area contributed by atoms with Crippen LogP contribution in [0.15, 0.2) is 52.1 Å². The number of urea groups is 1. The Kier molecular flexibility index (Phi) is 7.62. The Hall–Kier alpha value is -3.22. The van der Waals surface area contributed by atoms with Crippen LogP contribution in [0.2, 0.25) is 5.02 Å². The summed E-state index contributed by atoms with van der Waals surface area (Å²) in [7, 11) is 0. The van der Waals surface area contributed by atoms with Gasteiger partial charge in [0.25, 0.3) is 5.91 Å². The number of hydrogen-bond acceptors (Lipinski definition) is 5. The Morgan fingerprint density at radius 2 is 2.00 bits per heavy atom. The molecule has 0 bridgehead atoms. The molecule has 0 radical (unpaired) electrons. The topological polar surface area (TPSA) is 112 Å². The monoisotopic (exact) mass is 518 g/mol. The third-order valence-corrected chi connectivity index (χ3v) is 5.37. The van der Waals surface area contributed by atoms with Crippen molar-refractivity contribution >= 4 is 45.2 Å². The van der Waals surface area contributed by atoms with Crippen LogP contribution in [0.25, 0.3) is 0 Å². The summed E-state index contributed by atoms with van der Waals surface area (Å²) >= 11 is 9.77. The molecule has 0 aromatic heterocycles. The summed E-state index contributed by atoms with van der Waals surface area (Å²) < 4.78 is 11.9. The number of hydrogen-bond donors (Lipinski definition) is 3. The third kappa shape index (κ3) is 5.33. The van der Waals surface area contributed by atoms with Gasteiger partial charge < -0.3 is 25.4 Å². The zero-order valence-corrected chi connectivity index (χ0v) is 19.6. The van der Waals surface area contributed by atoms with Gasteiger partial charge in [-0.2, -0.15) is 5.26 Å². The van der Waals surface area contributed by atoms with Crippen molar-refractivity contribution < 1.29 is 19.1 Å². The summed E-state index contributed by atoms with van der Waals surface area (Å²) in [6, 6.07) is 11.0. The van der Waals surface area contributed by atoms with E-state index in [1.807, 2.05) is 18.2 Å². The van der Waals surface area contributed by atoms with E-state index in [4.69, 9.17) is 26.3 Å². The van der Waals surface area contributed by atoms with Crippen molar-refractivity contribution in [3.8, 4) is 17.6 Å². The average Bonchev–Trinajstić information content (AvgIpc) is 2.74. The van der Waals surface area contributed by atoms with E-state index in [9.17, 15) is 9.59 Å². The number of halogens is 2. The predicted octanol–water partition coefficient (Wildman–Crippen LogP) is 4.67. The molecule has 32 heavy (non-hydrogen) atoms. The fourth-order valence-electron chi connectivity index (χ4n) is 3.24. The van der Waals surface area contributed by atoms with E-state index in [0.717, 1.165) is 4.47 Å². The summed E-state index contributed by atoms with van der Waals surface area (Å²) in [4.78, 5) is 25.4. The lowest BCUT2D eigenvalue weighted by atomic mass is 9.94. The molecule has 2 aromatic rings. The number of nitriles is 1. The maximum atomic E-state index is 13.2. The number of anilines is 1. The van der Waals surface area contributed by atoms with Crippen molar-refractivity contribution in [2.75, 3.05) is 18.5 Å². The number of nitrogens with zero attached hydrogens (tertiary/aromatic N) is 1. The molecule has 0 fully saturated rings. The second-order valence-electron chi connectivity index (χ2n) is 6.74. The number of carbonyl (C=O) groups is 2. The number of ether oxygens (including phenoxy) is 2. The van der Waals surface area contributed by atoms with Crippen molar-refractivity contribution in [2.24, 2.45) is 0 Å². The highest BCUT2D eigenvalue weighted by molar-refractivity contribution is 9.10. The van der Waals surface area contributed by atoms with E-state index >= 15 is 0 Å². The molecular weight excluding hydrogens is 500 g/mol. The minimum atomic E-state index is -0.791. The average molecular weight is 520 g/mol. The Morgan fingerprint density at radius 3 is 2.66 bits per heavy atom. The first-order valence-electron chi connectivity index (χ1n) is 9.65. The summed E-state index contributed by atoms with van der Waals surface area (Å²) in [5, 5.41) is 17.3. The fraction of sp³-hybridized carbons (Fsp3) is 0.227. The zero-order valence-electron chi connectivity index (χ0n) is 17.3. The largest absolute Gasteiger partial charge is 0.490 e. The Bertz CT molecular complexity index is 1110. The minimum absolute atomic E-state index is 0.194. The quantitative estimate of drug-likeness (QED) is 0.492. The highest BCUT2D eigenvalue weighted by Crippen LogP contribution is 2.40. The van der Waals surface area contributed by atoms with Gasteiger partial charge in [-0.25, -0.2) is 4.79 Å². The van der Waals surface area contributed by atoms with Gasteiger partial charge in [0.15, 0.2) is 18.1 Å². The first kappa shape index (κ1) is 23.4. The van der Waals surface area contributed by atoms with E-state index in [2.05, 4.69) is 31.9 Å². The van der Waals surface area contributed by atoms with Crippen LogP contribution in [-0.2, 0) is 4.79 Å². The van der Waals surface area contributed by atoms with E-state index in [1.54, 1.807) is 38.1 Å². The molecule has 0 saturated carbocycles. The van der Waals surface area contributed by atoms with Gasteiger partial charge in [0.05, 0.1) is 23.2 Å². The first-order valence-corrected chi connectivity index (χ1v) is 10.8. The molecule has 1 heterocycles. The van der Waals surface area contributed by atoms with Gasteiger partial charge in [0, 0.05) is 15.9 Å². The lowest BCUT2D eigenvalue weighted by Crippen LogP contribution is -2.46. The molecule has 1 aliphatic heterocycles. The first-order chi connectivity index (χ1) is 15.3. The highest BCUT2D eigenvalue weighted by Gasteiger charge is 2.32. The molecule has 3 rings (SSSR count). The standard InChI is InChI=1S/C22H20BrClN4O4/c1-3-31-17-11-13(10-16(24)20(17)32-9-8-25)19-18(12(2)26-22(30)28-19)21(29)27-15-6-4-14(23)5-7-15/h4-7,10-11,19H,3,9H2,1-2H3,(H,27,29)(H2,26,28,30)/t19-/m0/s1. The normalized spacial score (nSPS) is 15.3. The lowest BCUT2D eigenvalue weighted by Gasteiger charge is -2.29. The molecule has 0 aliphatic carbocycles. The van der Waals surface area contributed by atoms with Gasteiger partial charge in [-0.05, 0) is 55.8 Å². The number of allylic oxidation sites excluding steroid dienone is 1. The molecule has 3 amide bonds. The summed E-state index contributed by atoms with van der Waals surface area (Å²) in [6.45, 7) is 3.57. The van der Waals surface area contributed by atoms with E-state index in [-0.39, 0.29) is 23.3 Å². The van der Waals surface area contributed by atoms with Gasteiger partial charge in [0.2, 0.25) is 0 Å². The van der Waals surface area contributed by atoms with Crippen LogP contribution >= 0.6 is 27.5 Å². The summed E-state index contributed by atoms with van der Waals surface area (Å²) in [5.74, 6) is 0.144. The number of benzene rings is 2. The van der Waals surface area contributed by atoms with Gasteiger partial charge in [-0.15, -0.1) is 0 Å². The molecule has 0 unspecified atom stereocenters. The smallest absolute Gasteiger partial charge is 0.319 e. The molecule has 3 N–H and O–H groups in total. The number of carbonyl (C=O) groups excluding carboxylic acids is 2. The summed E-state index contributed by atoms with van der Waals surface area (Å²) in [6.07, 6.45) is 0. The molecule has 166 valence electrons. The third-order valence-electron chi connectivity index (χ3n) is 4.56. The number of nitrogens with one attached hydrogen (secondary N) is 3. The van der Waals surface area contributed by atoms with E-state index in [1.165, 1.54) is 0 Å². The zero-order chi connectivity index (χ0) is 23.3. The van der Waals surface area contributed by atoms with Crippen LogP contribution in [0.1, 0.15) is 25.5 Å². The van der Waals surface area contributed by atoms with Crippen molar-refractivity contribution in [1.29, 1.82) is 5.26 Å².